The van der Waals surface area contributed by atoms with Crippen LogP contribution in [-0.4, -0.2) is 18.2 Å². The summed E-state index contributed by atoms with van der Waals surface area (Å²) in [5.41, 5.74) is 3.20. The number of rotatable bonds is 6. The fraction of sp³-hybridized carbons (Fsp3) is 0.312. The Hall–Kier alpha value is -2.07. The third-order valence-electron chi connectivity index (χ3n) is 3.29. The third-order valence-corrected chi connectivity index (χ3v) is 3.29. The van der Waals surface area contributed by atoms with E-state index in [1.165, 1.54) is 0 Å². The minimum atomic E-state index is 0.470. The van der Waals surface area contributed by atoms with Gasteiger partial charge in [-0.3, -0.25) is 0 Å². The van der Waals surface area contributed by atoms with Crippen LogP contribution in [0.3, 0.4) is 0 Å². The van der Waals surface area contributed by atoms with Gasteiger partial charge in [0, 0.05) is 11.3 Å². The molecule has 104 valence electrons. The van der Waals surface area contributed by atoms with Crippen LogP contribution in [0.4, 0.5) is 0 Å². The van der Waals surface area contributed by atoms with E-state index in [0.717, 1.165) is 28.3 Å². The molecule has 3 rings (SSSR count). The first-order chi connectivity index (χ1) is 9.75. The molecule has 0 bridgehead atoms. The third kappa shape index (κ3) is 2.75. The molecule has 1 aliphatic rings. The van der Waals surface area contributed by atoms with Crippen molar-refractivity contribution < 1.29 is 14.2 Å². The number of ether oxygens (including phenoxy) is 3. The van der Waals surface area contributed by atoms with E-state index in [1.54, 1.807) is 0 Å². The Morgan fingerprint density at radius 1 is 1.05 bits per heavy atom. The van der Waals surface area contributed by atoms with E-state index >= 15 is 0 Å². The van der Waals surface area contributed by atoms with Gasteiger partial charge < -0.3 is 14.2 Å². The molecule has 0 spiro atoms. The second-order valence-electron chi connectivity index (χ2n) is 4.77. The highest BCUT2D eigenvalue weighted by molar-refractivity contribution is 5.65. The number of hydrogen-bond donors (Lipinski definition) is 0. The predicted molar refractivity (Wildman–Crippen MR) is 75.4 cm³/mol. The highest BCUT2D eigenvalue weighted by atomic mass is 16.6. The van der Waals surface area contributed by atoms with E-state index in [9.17, 15) is 0 Å². The summed E-state index contributed by atoms with van der Waals surface area (Å²) in [5.74, 6) is 2.26. The van der Waals surface area contributed by atoms with Crippen molar-refractivity contribution in [1.29, 1.82) is 0 Å². The van der Waals surface area contributed by atoms with Gasteiger partial charge in [0.25, 0.3) is 5.88 Å². The van der Waals surface area contributed by atoms with Gasteiger partial charge in [0.1, 0.15) is 6.61 Å². The van der Waals surface area contributed by atoms with Crippen LogP contribution in [0.5, 0.6) is 17.4 Å². The topological polar surface area (TPSA) is 43.9 Å². The molecule has 0 N–H and O–H groups in total. The van der Waals surface area contributed by atoms with Crippen molar-refractivity contribution in [3.05, 3.63) is 47.2 Å². The monoisotopic (exact) mass is 271 g/mol. The summed E-state index contributed by atoms with van der Waals surface area (Å²) in [6, 6.07) is 10.1. The summed E-state index contributed by atoms with van der Waals surface area (Å²) in [6.45, 7) is 5.55. The van der Waals surface area contributed by atoms with Crippen LogP contribution < -0.4 is 9.47 Å². The maximum atomic E-state index is 5.60. The average Bonchev–Trinajstić information content (AvgIpc) is 3.26. The van der Waals surface area contributed by atoms with Crippen LogP contribution in [0.2, 0.25) is 0 Å². The molecule has 20 heavy (non-hydrogen) atoms. The molecule has 1 aromatic carbocycles. The molecule has 0 amide bonds. The molecule has 0 saturated heterocycles. The first kappa shape index (κ1) is 12.9. The molecule has 0 saturated carbocycles. The molecule has 2 aromatic rings. The van der Waals surface area contributed by atoms with E-state index in [2.05, 4.69) is 4.98 Å². The lowest BCUT2D eigenvalue weighted by atomic mass is 10.2. The predicted octanol–water partition coefficient (Wildman–Crippen LogP) is 3.40. The standard InChI is InChI=1S/C16H17NO3/c1-11-12(2)17-16(15-14(11)20-15)19-9-8-18-10-13-6-4-3-5-7-13/h3-7H,8-10H2,1-2H3. The molecule has 2 heterocycles. The first-order valence-corrected chi connectivity index (χ1v) is 6.69. The number of benzene rings is 1. The molecule has 0 aliphatic carbocycles. The summed E-state index contributed by atoms with van der Waals surface area (Å²) in [6.07, 6.45) is 0. The number of fused-ring (bicyclic) bond motifs is 1. The zero-order valence-electron chi connectivity index (χ0n) is 11.7. The second-order valence-corrected chi connectivity index (χ2v) is 4.77. The van der Waals surface area contributed by atoms with Crippen molar-refractivity contribution in [3.63, 3.8) is 0 Å². The summed E-state index contributed by atoms with van der Waals surface area (Å²) >= 11 is 0. The van der Waals surface area contributed by atoms with Gasteiger partial charge in [0.15, 0.2) is 5.75 Å². The number of aromatic nitrogens is 1. The molecule has 0 fully saturated rings. The van der Waals surface area contributed by atoms with Crippen LogP contribution in [0.15, 0.2) is 30.3 Å². The first-order valence-electron chi connectivity index (χ1n) is 6.69. The van der Waals surface area contributed by atoms with E-state index in [0.29, 0.717) is 25.7 Å². The lowest BCUT2D eigenvalue weighted by Crippen LogP contribution is -2.07. The molecule has 1 aliphatic heterocycles. The van der Waals surface area contributed by atoms with E-state index < -0.39 is 0 Å². The van der Waals surface area contributed by atoms with Gasteiger partial charge in [-0.2, -0.15) is 0 Å². The number of pyridine rings is 1. The lowest BCUT2D eigenvalue weighted by molar-refractivity contribution is 0.0873. The number of aryl methyl sites for hydroxylation is 1. The van der Waals surface area contributed by atoms with Gasteiger partial charge in [-0.05, 0) is 19.4 Å². The Kier molecular flexibility index (Phi) is 3.56. The molecular formula is C16H17NO3. The number of nitrogens with zero attached hydrogens (tertiary/aromatic N) is 1. The van der Waals surface area contributed by atoms with Crippen molar-refractivity contribution in [2.45, 2.75) is 20.5 Å². The van der Waals surface area contributed by atoms with Crippen LogP contribution in [0, 0.1) is 13.8 Å². The quantitative estimate of drug-likeness (QED) is 0.509. The Morgan fingerprint density at radius 2 is 1.85 bits per heavy atom. The Balaban J connectivity index is 1.44. The Morgan fingerprint density at radius 3 is 2.65 bits per heavy atom. The fourth-order valence-electron chi connectivity index (χ4n) is 1.97. The highest BCUT2D eigenvalue weighted by Crippen LogP contribution is 2.54. The fourth-order valence-corrected chi connectivity index (χ4v) is 1.97. The smallest absolute Gasteiger partial charge is 0.262 e. The van der Waals surface area contributed by atoms with Crippen molar-refractivity contribution in [1.82, 2.24) is 4.98 Å². The second kappa shape index (κ2) is 5.51. The van der Waals surface area contributed by atoms with Gasteiger partial charge in [-0.15, -0.1) is 0 Å². The average molecular weight is 271 g/mol. The minimum Gasteiger partial charge on any atom is -0.472 e. The van der Waals surface area contributed by atoms with E-state index in [4.69, 9.17) is 14.2 Å². The van der Waals surface area contributed by atoms with Crippen molar-refractivity contribution in [2.75, 3.05) is 13.2 Å². The van der Waals surface area contributed by atoms with Gasteiger partial charge in [-0.25, -0.2) is 4.98 Å². The maximum Gasteiger partial charge on any atom is 0.262 e. The SMILES string of the molecule is Cc1nc(OCCOCc2ccccc2)c2c(c1C)O2. The van der Waals surface area contributed by atoms with Gasteiger partial charge >= 0.3 is 0 Å². The molecule has 4 heteroatoms. The van der Waals surface area contributed by atoms with Crippen LogP contribution in [0.25, 0.3) is 0 Å². The zero-order chi connectivity index (χ0) is 13.9. The molecule has 1 aromatic heterocycles. The van der Waals surface area contributed by atoms with E-state index in [1.807, 2.05) is 44.2 Å². The van der Waals surface area contributed by atoms with Crippen molar-refractivity contribution >= 4 is 0 Å². The number of hydrogen-bond acceptors (Lipinski definition) is 4. The highest BCUT2D eigenvalue weighted by Gasteiger charge is 2.31. The van der Waals surface area contributed by atoms with Crippen LogP contribution in [0.1, 0.15) is 16.8 Å². The Bertz CT molecular complexity index is 607. The summed E-state index contributed by atoms with van der Waals surface area (Å²) < 4.78 is 16.5. The summed E-state index contributed by atoms with van der Waals surface area (Å²) in [7, 11) is 0. The molecule has 0 atom stereocenters. The lowest BCUT2D eigenvalue weighted by Gasteiger charge is -2.06. The van der Waals surface area contributed by atoms with Gasteiger partial charge in [-0.1, -0.05) is 30.3 Å². The normalized spacial score (nSPS) is 11.7. The van der Waals surface area contributed by atoms with Gasteiger partial charge in [0.05, 0.1) is 13.2 Å². The molecule has 0 unspecified atom stereocenters. The molecular weight excluding hydrogens is 254 g/mol. The zero-order valence-corrected chi connectivity index (χ0v) is 11.7. The van der Waals surface area contributed by atoms with Crippen LogP contribution >= 0.6 is 0 Å². The largest absolute Gasteiger partial charge is 0.472 e. The van der Waals surface area contributed by atoms with Crippen molar-refractivity contribution in [2.24, 2.45) is 0 Å². The van der Waals surface area contributed by atoms with Crippen molar-refractivity contribution in [3.8, 4) is 17.4 Å². The van der Waals surface area contributed by atoms with Gasteiger partial charge in [0.2, 0.25) is 5.75 Å². The molecule has 0 radical (unpaired) electrons. The summed E-state index contributed by atoms with van der Waals surface area (Å²) in [5, 5.41) is 0. The minimum absolute atomic E-state index is 0.470. The summed E-state index contributed by atoms with van der Waals surface area (Å²) in [4.78, 5) is 4.38. The van der Waals surface area contributed by atoms with E-state index in [-0.39, 0.29) is 0 Å². The Labute approximate surface area is 118 Å². The molecule has 4 nitrogen and oxygen atoms in total. The maximum absolute atomic E-state index is 5.60. The van der Waals surface area contributed by atoms with Crippen LogP contribution in [-0.2, 0) is 11.3 Å².